The molecule has 0 radical (unpaired) electrons. The van der Waals surface area contributed by atoms with Gasteiger partial charge in [0, 0.05) is 0 Å². The van der Waals surface area contributed by atoms with Crippen molar-refractivity contribution in [1.29, 1.82) is 0 Å². The van der Waals surface area contributed by atoms with Crippen LogP contribution in [0.1, 0.15) is 11.7 Å². The Balaban J connectivity index is 3.10. The van der Waals surface area contributed by atoms with Crippen LogP contribution in [0.2, 0.25) is 0 Å². The highest BCUT2D eigenvalue weighted by Crippen LogP contribution is 2.21. The Morgan fingerprint density at radius 2 is 1.62 bits per heavy atom. The molecule has 1 aromatic carbocycles. The zero-order chi connectivity index (χ0) is 12.5. The molecule has 0 heterocycles. The molecule has 0 aliphatic heterocycles. The molecule has 0 bridgehead atoms. The van der Waals surface area contributed by atoms with E-state index < -0.39 is 41.1 Å². The first kappa shape index (κ1) is 12.5. The average molecular weight is 235 g/mol. The summed E-state index contributed by atoms with van der Waals surface area (Å²) < 4.78 is 38.0. The third kappa shape index (κ3) is 2.31. The number of aliphatic hydroxyl groups excluding tert-OH is 2. The molecule has 16 heavy (non-hydrogen) atoms. The maximum Gasteiger partial charge on any atom is 0.249 e. The number of hydrogen-bond acceptors (Lipinski definition) is 3. The van der Waals surface area contributed by atoms with Crippen LogP contribution in [0.3, 0.4) is 0 Å². The molecule has 0 aliphatic carbocycles. The largest absolute Gasteiger partial charge is 0.385 e. The SMILES string of the molecule is NC(=O)C(O)C(O)c1cc(F)c(F)c(F)c1. The molecule has 1 amide bonds. The van der Waals surface area contributed by atoms with Gasteiger partial charge in [-0.25, -0.2) is 13.2 Å². The zero-order valence-corrected chi connectivity index (χ0v) is 7.82. The molecule has 88 valence electrons. The molecule has 2 unspecified atom stereocenters. The Labute approximate surface area is 88.1 Å². The summed E-state index contributed by atoms with van der Waals surface area (Å²) in [6, 6.07) is 0.935. The number of aliphatic hydroxyl groups is 2. The summed E-state index contributed by atoms with van der Waals surface area (Å²) in [5, 5.41) is 18.3. The van der Waals surface area contributed by atoms with E-state index in [1.807, 2.05) is 0 Å². The first-order valence-electron chi connectivity index (χ1n) is 4.14. The third-order valence-corrected chi connectivity index (χ3v) is 1.94. The minimum Gasteiger partial charge on any atom is -0.385 e. The molecule has 4 N–H and O–H groups in total. The second kappa shape index (κ2) is 4.50. The molecule has 2 atom stereocenters. The summed E-state index contributed by atoms with van der Waals surface area (Å²) in [5.74, 6) is -6.04. The Morgan fingerprint density at radius 1 is 1.19 bits per heavy atom. The van der Waals surface area contributed by atoms with E-state index in [1.54, 1.807) is 0 Å². The highest BCUT2D eigenvalue weighted by atomic mass is 19.2. The van der Waals surface area contributed by atoms with Crippen LogP contribution in [-0.2, 0) is 4.79 Å². The summed E-state index contributed by atoms with van der Waals surface area (Å²) >= 11 is 0. The van der Waals surface area contributed by atoms with Crippen LogP contribution in [0.5, 0.6) is 0 Å². The van der Waals surface area contributed by atoms with Crippen molar-refractivity contribution in [3.8, 4) is 0 Å². The van der Waals surface area contributed by atoms with Crippen LogP contribution in [-0.4, -0.2) is 22.2 Å². The van der Waals surface area contributed by atoms with Crippen molar-refractivity contribution in [1.82, 2.24) is 0 Å². The van der Waals surface area contributed by atoms with Crippen molar-refractivity contribution in [2.45, 2.75) is 12.2 Å². The normalized spacial score (nSPS) is 14.6. The Hall–Kier alpha value is -1.60. The van der Waals surface area contributed by atoms with Crippen molar-refractivity contribution in [2.75, 3.05) is 0 Å². The Morgan fingerprint density at radius 3 is 2.00 bits per heavy atom. The summed E-state index contributed by atoms with van der Waals surface area (Å²) in [4.78, 5) is 10.5. The number of carbonyl (C=O) groups excluding carboxylic acids is 1. The predicted octanol–water partition coefficient (Wildman–Crippen LogP) is -0.0165. The predicted molar refractivity (Wildman–Crippen MR) is 46.5 cm³/mol. The lowest BCUT2D eigenvalue weighted by Crippen LogP contribution is -2.34. The maximum absolute atomic E-state index is 12.7. The molecule has 0 fully saturated rings. The maximum atomic E-state index is 12.7. The van der Waals surface area contributed by atoms with Crippen LogP contribution in [0.4, 0.5) is 13.2 Å². The fourth-order valence-corrected chi connectivity index (χ4v) is 1.08. The zero-order valence-electron chi connectivity index (χ0n) is 7.82. The van der Waals surface area contributed by atoms with Crippen molar-refractivity contribution in [2.24, 2.45) is 5.73 Å². The minimum absolute atomic E-state index is 0.467. The van der Waals surface area contributed by atoms with E-state index in [4.69, 9.17) is 5.11 Å². The monoisotopic (exact) mass is 235 g/mol. The van der Waals surface area contributed by atoms with Crippen molar-refractivity contribution >= 4 is 5.91 Å². The number of amides is 1. The Bertz CT molecular complexity index is 401. The van der Waals surface area contributed by atoms with E-state index in [9.17, 15) is 23.1 Å². The van der Waals surface area contributed by atoms with Gasteiger partial charge in [0.1, 0.15) is 6.10 Å². The van der Waals surface area contributed by atoms with Crippen molar-refractivity contribution in [3.63, 3.8) is 0 Å². The molecule has 1 rings (SSSR count). The topological polar surface area (TPSA) is 83.6 Å². The van der Waals surface area contributed by atoms with Gasteiger partial charge in [0.2, 0.25) is 5.91 Å². The van der Waals surface area contributed by atoms with Gasteiger partial charge in [-0.05, 0) is 17.7 Å². The fraction of sp³-hybridized carbons (Fsp3) is 0.222. The van der Waals surface area contributed by atoms with E-state index in [1.165, 1.54) is 0 Å². The lowest BCUT2D eigenvalue weighted by atomic mass is 10.0. The van der Waals surface area contributed by atoms with E-state index in [-0.39, 0.29) is 0 Å². The highest BCUT2D eigenvalue weighted by molar-refractivity contribution is 5.79. The fourth-order valence-electron chi connectivity index (χ4n) is 1.08. The summed E-state index contributed by atoms with van der Waals surface area (Å²) in [6.07, 6.45) is -3.94. The summed E-state index contributed by atoms with van der Waals surface area (Å²) in [5.41, 5.74) is 4.19. The van der Waals surface area contributed by atoms with E-state index in [0.29, 0.717) is 12.1 Å². The average Bonchev–Trinajstić information content (AvgIpc) is 2.22. The van der Waals surface area contributed by atoms with Crippen LogP contribution in [0.25, 0.3) is 0 Å². The standard InChI is InChI=1S/C9H8F3NO3/c10-4-1-3(2-5(11)6(4)12)7(14)8(15)9(13)16/h1-2,7-8,14-15H,(H2,13,16). The second-order valence-electron chi connectivity index (χ2n) is 3.09. The number of carbonyl (C=O) groups is 1. The van der Waals surface area contributed by atoms with E-state index in [0.717, 1.165) is 0 Å². The molecule has 0 aliphatic rings. The van der Waals surface area contributed by atoms with E-state index >= 15 is 0 Å². The third-order valence-electron chi connectivity index (χ3n) is 1.94. The van der Waals surface area contributed by atoms with Crippen LogP contribution >= 0.6 is 0 Å². The first-order chi connectivity index (χ1) is 7.34. The van der Waals surface area contributed by atoms with Gasteiger partial charge in [0.25, 0.3) is 0 Å². The molecule has 7 heteroatoms. The lowest BCUT2D eigenvalue weighted by Gasteiger charge is -2.15. The van der Waals surface area contributed by atoms with Crippen molar-refractivity contribution < 1.29 is 28.2 Å². The molecule has 0 saturated heterocycles. The number of halogens is 3. The molecule has 0 aromatic heterocycles. The van der Waals surface area contributed by atoms with Crippen LogP contribution < -0.4 is 5.73 Å². The van der Waals surface area contributed by atoms with Gasteiger partial charge < -0.3 is 15.9 Å². The minimum atomic E-state index is -2.02. The van der Waals surface area contributed by atoms with Crippen LogP contribution in [0, 0.1) is 17.5 Å². The summed E-state index contributed by atoms with van der Waals surface area (Å²) in [6.45, 7) is 0. The van der Waals surface area contributed by atoms with Gasteiger partial charge in [-0.1, -0.05) is 0 Å². The number of benzene rings is 1. The van der Waals surface area contributed by atoms with Gasteiger partial charge >= 0.3 is 0 Å². The van der Waals surface area contributed by atoms with Gasteiger partial charge in [0.15, 0.2) is 23.6 Å². The lowest BCUT2D eigenvalue weighted by molar-refractivity contribution is -0.132. The Kier molecular flexibility index (Phi) is 3.51. The highest BCUT2D eigenvalue weighted by Gasteiger charge is 2.25. The first-order valence-corrected chi connectivity index (χ1v) is 4.14. The molecule has 0 saturated carbocycles. The molecular weight excluding hydrogens is 227 g/mol. The van der Waals surface area contributed by atoms with Gasteiger partial charge in [-0.2, -0.15) is 0 Å². The molecular formula is C9H8F3NO3. The molecule has 4 nitrogen and oxygen atoms in total. The smallest absolute Gasteiger partial charge is 0.249 e. The van der Waals surface area contributed by atoms with Gasteiger partial charge in [0.05, 0.1) is 0 Å². The molecule has 1 aromatic rings. The van der Waals surface area contributed by atoms with E-state index in [2.05, 4.69) is 5.73 Å². The summed E-state index contributed by atoms with van der Waals surface area (Å²) in [7, 11) is 0. The van der Waals surface area contributed by atoms with Crippen molar-refractivity contribution in [3.05, 3.63) is 35.1 Å². The second-order valence-corrected chi connectivity index (χ2v) is 3.09. The number of nitrogens with two attached hydrogens (primary N) is 1. The number of hydrogen-bond donors (Lipinski definition) is 3. The number of primary amides is 1. The van der Waals surface area contributed by atoms with Gasteiger partial charge in [-0.15, -0.1) is 0 Å². The van der Waals surface area contributed by atoms with Gasteiger partial charge in [-0.3, -0.25) is 4.79 Å². The quantitative estimate of drug-likeness (QED) is 0.644. The van der Waals surface area contributed by atoms with Crippen LogP contribution in [0.15, 0.2) is 12.1 Å². The molecule has 0 spiro atoms. The number of rotatable bonds is 3.